The molecule has 298 valence electrons. The molecule has 2 aromatic carbocycles. The lowest BCUT2D eigenvalue weighted by atomic mass is 9.89. The minimum Gasteiger partial charge on any atom is -0.483 e. The monoisotopic (exact) mass is 775 g/mol. The van der Waals surface area contributed by atoms with Crippen molar-refractivity contribution in [3.05, 3.63) is 95.0 Å². The summed E-state index contributed by atoms with van der Waals surface area (Å²) in [5.41, 5.74) is 8.16. The van der Waals surface area contributed by atoms with E-state index in [1.807, 2.05) is 44.3 Å². The number of hydrogen-bond donors (Lipinski definition) is 4. The van der Waals surface area contributed by atoms with Gasteiger partial charge in [0.15, 0.2) is 0 Å². The molecule has 15 nitrogen and oxygen atoms in total. The van der Waals surface area contributed by atoms with Gasteiger partial charge in [-0.1, -0.05) is 50.2 Å². The van der Waals surface area contributed by atoms with Crippen molar-refractivity contribution in [1.29, 1.82) is 0 Å². The molecular weight excluding hydrogens is 727 g/mol. The Balaban J connectivity index is 0.00000160. The van der Waals surface area contributed by atoms with Gasteiger partial charge in [-0.3, -0.25) is 24.5 Å². The summed E-state index contributed by atoms with van der Waals surface area (Å²) in [6.07, 6.45) is 8.11. The van der Waals surface area contributed by atoms with Crippen LogP contribution in [0.1, 0.15) is 103 Å². The highest BCUT2D eigenvalue weighted by Gasteiger charge is 2.40. The van der Waals surface area contributed by atoms with Crippen molar-refractivity contribution in [2.24, 2.45) is 5.92 Å². The molecule has 57 heavy (non-hydrogen) atoms. The Kier molecular flexibility index (Phi) is 11.5. The van der Waals surface area contributed by atoms with Crippen LogP contribution >= 0.6 is 0 Å². The predicted octanol–water partition coefficient (Wildman–Crippen LogP) is 5.22. The summed E-state index contributed by atoms with van der Waals surface area (Å²) in [6.45, 7) is 11.3. The van der Waals surface area contributed by atoms with Crippen LogP contribution in [0.3, 0.4) is 0 Å². The number of imide groups is 1. The van der Waals surface area contributed by atoms with Gasteiger partial charge in [0, 0.05) is 42.4 Å². The third-order valence-electron chi connectivity index (χ3n) is 11.1. The summed E-state index contributed by atoms with van der Waals surface area (Å²) in [7, 11) is 0. The minimum atomic E-state index is -0.371. The van der Waals surface area contributed by atoms with Gasteiger partial charge in [0.25, 0.3) is 18.2 Å². The normalized spacial score (nSPS) is 20.0. The second-order valence-corrected chi connectivity index (χ2v) is 16.3. The quantitative estimate of drug-likeness (QED) is 0.107. The van der Waals surface area contributed by atoms with Gasteiger partial charge in [-0.2, -0.15) is 10.1 Å². The first-order valence-electron chi connectivity index (χ1n) is 19.5. The first kappa shape index (κ1) is 39.3. The molecule has 0 bridgehead atoms. The number of carboxylic acid groups (broad SMARTS) is 1. The SMILES string of the molecule is Cc1cc(-c2ncnn3cc(C4CC4CN4CCC(c5ccc(NC6CCC(=O)NC6=O)cc5)CC4)cc23)ccc1CNC(=O)c1noc(C(C)(C)C)n1.O=CO. The van der Waals surface area contributed by atoms with E-state index in [2.05, 4.69) is 78.7 Å². The van der Waals surface area contributed by atoms with E-state index in [9.17, 15) is 14.4 Å². The van der Waals surface area contributed by atoms with E-state index in [4.69, 9.17) is 19.4 Å². The second-order valence-electron chi connectivity index (χ2n) is 16.3. The molecule has 3 fully saturated rings. The van der Waals surface area contributed by atoms with E-state index in [0.29, 0.717) is 43.0 Å². The van der Waals surface area contributed by atoms with Crippen molar-refractivity contribution < 1.29 is 28.8 Å². The lowest BCUT2D eigenvalue weighted by molar-refractivity contribution is -0.133. The number of rotatable bonds is 10. The maximum Gasteiger partial charge on any atom is 0.292 e. The fourth-order valence-corrected chi connectivity index (χ4v) is 7.81. The average Bonchev–Trinajstić information content (AvgIpc) is 3.54. The number of amides is 3. The number of benzene rings is 2. The number of nitrogens with one attached hydrogen (secondary N) is 3. The molecule has 4 N–H and O–H groups in total. The van der Waals surface area contributed by atoms with Crippen LogP contribution in [-0.2, 0) is 26.3 Å². The number of aromatic nitrogens is 5. The zero-order chi connectivity index (χ0) is 40.3. The van der Waals surface area contributed by atoms with Gasteiger partial charge in [-0.15, -0.1) is 0 Å². The molecule has 3 amide bonds. The molecule has 3 unspecified atom stereocenters. The Labute approximate surface area is 330 Å². The van der Waals surface area contributed by atoms with Crippen LogP contribution in [0.25, 0.3) is 16.8 Å². The zero-order valence-electron chi connectivity index (χ0n) is 32.7. The highest BCUT2D eigenvalue weighted by Crippen LogP contribution is 2.49. The highest BCUT2D eigenvalue weighted by molar-refractivity contribution is 6.01. The number of likely N-dealkylation sites (tertiary alicyclic amines) is 1. The van der Waals surface area contributed by atoms with Gasteiger partial charge >= 0.3 is 0 Å². The van der Waals surface area contributed by atoms with E-state index in [-0.39, 0.29) is 41.5 Å². The largest absolute Gasteiger partial charge is 0.483 e. The van der Waals surface area contributed by atoms with Gasteiger partial charge in [0.05, 0.1) is 11.2 Å². The number of aryl methyl sites for hydroxylation is 1. The molecule has 5 aromatic rings. The van der Waals surface area contributed by atoms with E-state index in [1.165, 1.54) is 17.5 Å². The molecule has 0 spiro atoms. The van der Waals surface area contributed by atoms with Crippen LogP contribution < -0.4 is 16.0 Å². The highest BCUT2D eigenvalue weighted by atomic mass is 16.5. The third kappa shape index (κ3) is 9.20. The topological polar surface area (TPSA) is 197 Å². The number of fused-ring (bicyclic) bond motifs is 1. The maximum absolute atomic E-state index is 12.7. The van der Waals surface area contributed by atoms with E-state index in [1.54, 1.807) is 6.33 Å². The minimum absolute atomic E-state index is 0.0337. The molecular formula is C42H49N9O6. The molecule has 15 heteroatoms. The third-order valence-corrected chi connectivity index (χ3v) is 11.1. The summed E-state index contributed by atoms with van der Waals surface area (Å²) in [5.74, 6) is 1.33. The van der Waals surface area contributed by atoms with Crippen molar-refractivity contribution in [3.8, 4) is 11.3 Å². The summed E-state index contributed by atoms with van der Waals surface area (Å²) < 4.78 is 7.22. The van der Waals surface area contributed by atoms with Crippen LogP contribution in [0.2, 0.25) is 0 Å². The van der Waals surface area contributed by atoms with Gasteiger partial charge < -0.3 is 25.2 Å². The number of piperidine rings is 2. The Bertz CT molecular complexity index is 2250. The Morgan fingerprint density at radius 1 is 1.05 bits per heavy atom. The summed E-state index contributed by atoms with van der Waals surface area (Å²) in [6, 6.07) is 16.5. The van der Waals surface area contributed by atoms with Gasteiger partial charge in [-0.25, -0.2) is 9.50 Å². The molecule has 8 rings (SSSR count). The van der Waals surface area contributed by atoms with Crippen LogP contribution in [0, 0.1) is 12.8 Å². The molecule has 2 aliphatic heterocycles. The number of nitrogens with zero attached hydrogens (tertiary/aromatic N) is 6. The smallest absolute Gasteiger partial charge is 0.292 e. The van der Waals surface area contributed by atoms with Crippen molar-refractivity contribution in [2.75, 3.05) is 25.0 Å². The van der Waals surface area contributed by atoms with E-state index < -0.39 is 0 Å². The summed E-state index contributed by atoms with van der Waals surface area (Å²) in [5, 5.41) is 23.9. The number of carbonyl (C=O) groups is 4. The van der Waals surface area contributed by atoms with E-state index in [0.717, 1.165) is 66.1 Å². The Hall–Kier alpha value is -5.96. The summed E-state index contributed by atoms with van der Waals surface area (Å²) >= 11 is 0. The van der Waals surface area contributed by atoms with Gasteiger partial charge in [0.1, 0.15) is 12.4 Å². The van der Waals surface area contributed by atoms with Crippen LogP contribution in [0.4, 0.5) is 5.69 Å². The first-order chi connectivity index (χ1) is 27.4. The average molecular weight is 776 g/mol. The van der Waals surface area contributed by atoms with Crippen molar-refractivity contribution in [1.82, 2.24) is 40.3 Å². The standard InChI is InChI=1S/C41H47N9O4.CH2O2/c1-24-17-27(5-6-28(24)20-42-39(53)37-47-40(54-48-37)41(2,3)4)36-34-19-30(22-50(34)44-23-43-36)32-18-29(32)21-49-15-13-26(14-16-49)25-7-9-31(10-8-25)45-33-11-12-35(51)46-38(33)52;2-1-3/h5-10,17,19,22-23,26,29,32-33,45H,11-16,18,20-21H2,1-4H3,(H,42,53)(H,46,51,52);1H,(H,2,3). The zero-order valence-corrected chi connectivity index (χ0v) is 32.7. The van der Waals surface area contributed by atoms with Crippen LogP contribution in [-0.4, -0.2) is 84.6 Å². The molecule has 1 saturated carbocycles. The van der Waals surface area contributed by atoms with Crippen molar-refractivity contribution >= 4 is 35.4 Å². The number of hydrogen-bond acceptors (Lipinski definition) is 11. The molecule has 3 aromatic heterocycles. The number of anilines is 1. The molecule has 3 atom stereocenters. The molecule has 0 radical (unpaired) electrons. The van der Waals surface area contributed by atoms with Crippen LogP contribution in [0.5, 0.6) is 0 Å². The fraction of sp³-hybridized carbons (Fsp3) is 0.429. The molecule has 1 aliphatic carbocycles. The lowest BCUT2D eigenvalue weighted by Gasteiger charge is -2.32. The molecule has 2 saturated heterocycles. The number of carbonyl (C=O) groups excluding carboxylic acids is 3. The molecule has 5 heterocycles. The maximum atomic E-state index is 12.7. The van der Waals surface area contributed by atoms with E-state index >= 15 is 0 Å². The first-order valence-corrected chi connectivity index (χ1v) is 19.5. The lowest BCUT2D eigenvalue weighted by Crippen LogP contribution is -2.47. The van der Waals surface area contributed by atoms with Crippen LogP contribution in [0.15, 0.2) is 65.6 Å². The van der Waals surface area contributed by atoms with Crippen molar-refractivity contribution in [3.63, 3.8) is 0 Å². The van der Waals surface area contributed by atoms with Gasteiger partial charge in [0.2, 0.25) is 17.7 Å². The Morgan fingerprint density at radius 2 is 1.81 bits per heavy atom. The Morgan fingerprint density at radius 3 is 2.49 bits per heavy atom. The van der Waals surface area contributed by atoms with Gasteiger partial charge in [-0.05, 0) is 110 Å². The van der Waals surface area contributed by atoms with Crippen molar-refractivity contribution in [2.45, 2.75) is 89.6 Å². The summed E-state index contributed by atoms with van der Waals surface area (Å²) in [4.78, 5) is 56.2. The second kappa shape index (κ2) is 16.6. The predicted molar refractivity (Wildman–Crippen MR) is 212 cm³/mol. The molecule has 3 aliphatic rings. The fourth-order valence-electron chi connectivity index (χ4n) is 7.81.